The van der Waals surface area contributed by atoms with Gasteiger partial charge < -0.3 is 16.2 Å². The van der Waals surface area contributed by atoms with E-state index >= 15 is 0 Å². The molecule has 17 heavy (non-hydrogen) atoms. The van der Waals surface area contributed by atoms with E-state index in [1.165, 1.54) is 0 Å². The topological polar surface area (TPSA) is 75.3 Å². The molecular weight excluding hydrogens is 284 g/mol. The largest absolute Gasteiger partial charge is 0.399 e. The van der Waals surface area contributed by atoms with Crippen molar-refractivity contribution in [3.8, 4) is 0 Å². The highest BCUT2D eigenvalue weighted by Gasteiger charge is 2.12. The number of nitrogen functional groups attached to an aromatic ring is 1. The van der Waals surface area contributed by atoms with Gasteiger partial charge in [-0.2, -0.15) is 0 Å². The molecule has 1 atom stereocenters. The van der Waals surface area contributed by atoms with E-state index in [1.807, 2.05) is 6.92 Å². The molecule has 0 aromatic heterocycles. The molecule has 0 fully saturated rings. The van der Waals surface area contributed by atoms with Crippen molar-refractivity contribution in [1.29, 1.82) is 0 Å². The first-order valence-corrected chi connectivity index (χ1v) is 6.30. The molecular formula is C12H17BrN2O2. The average Bonchev–Trinajstić information content (AvgIpc) is 2.29. The Bertz CT molecular complexity index is 396. The van der Waals surface area contributed by atoms with Gasteiger partial charge in [-0.05, 0) is 53.9 Å². The summed E-state index contributed by atoms with van der Waals surface area (Å²) in [5.41, 5.74) is 6.73. The van der Waals surface area contributed by atoms with Crippen LogP contribution in [-0.4, -0.2) is 23.7 Å². The molecule has 0 saturated heterocycles. The van der Waals surface area contributed by atoms with Crippen molar-refractivity contribution in [2.45, 2.75) is 25.8 Å². The number of halogens is 1. The normalized spacial score (nSPS) is 12.2. The molecule has 0 spiro atoms. The van der Waals surface area contributed by atoms with Crippen LogP contribution in [0.3, 0.4) is 0 Å². The van der Waals surface area contributed by atoms with Crippen LogP contribution in [0.2, 0.25) is 0 Å². The van der Waals surface area contributed by atoms with Crippen molar-refractivity contribution >= 4 is 27.5 Å². The smallest absolute Gasteiger partial charge is 0.252 e. The zero-order valence-corrected chi connectivity index (χ0v) is 11.3. The number of benzene rings is 1. The summed E-state index contributed by atoms with van der Waals surface area (Å²) in [6.45, 7) is 2.05. The molecule has 0 heterocycles. The number of carbonyl (C=O) groups excluding carboxylic acids is 1. The minimum absolute atomic E-state index is 0.0305. The lowest BCUT2D eigenvalue weighted by Crippen LogP contribution is -2.32. The Balaban J connectivity index is 2.66. The second-order valence-corrected chi connectivity index (χ2v) is 4.83. The Morgan fingerprint density at radius 3 is 2.94 bits per heavy atom. The Labute approximate surface area is 109 Å². The number of carbonyl (C=O) groups is 1. The van der Waals surface area contributed by atoms with Crippen molar-refractivity contribution in [2.24, 2.45) is 0 Å². The number of amides is 1. The molecule has 1 aromatic carbocycles. The van der Waals surface area contributed by atoms with E-state index in [4.69, 9.17) is 10.8 Å². The van der Waals surface area contributed by atoms with Crippen LogP contribution in [0.25, 0.3) is 0 Å². The Morgan fingerprint density at radius 1 is 1.59 bits per heavy atom. The van der Waals surface area contributed by atoms with Crippen LogP contribution in [0, 0.1) is 0 Å². The zero-order chi connectivity index (χ0) is 12.8. The van der Waals surface area contributed by atoms with Gasteiger partial charge in [0.1, 0.15) is 0 Å². The predicted octanol–water partition coefficient (Wildman–Crippen LogP) is 1.92. The molecule has 1 rings (SSSR count). The van der Waals surface area contributed by atoms with Gasteiger partial charge in [0.15, 0.2) is 0 Å². The summed E-state index contributed by atoms with van der Waals surface area (Å²) in [5.74, 6) is -0.158. The zero-order valence-electron chi connectivity index (χ0n) is 9.74. The molecule has 0 aliphatic heterocycles. The number of hydrogen-bond acceptors (Lipinski definition) is 3. The molecule has 1 unspecified atom stereocenters. The average molecular weight is 301 g/mol. The number of nitrogens with one attached hydrogen (secondary N) is 1. The van der Waals surface area contributed by atoms with E-state index in [1.54, 1.807) is 18.2 Å². The van der Waals surface area contributed by atoms with Gasteiger partial charge in [0.2, 0.25) is 0 Å². The molecule has 1 amide bonds. The lowest BCUT2D eigenvalue weighted by Gasteiger charge is -2.14. The van der Waals surface area contributed by atoms with Gasteiger partial charge in [-0.1, -0.05) is 0 Å². The fraction of sp³-hybridized carbons (Fsp3) is 0.417. The van der Waals surface area contributed by atoms with Crippen molar-refractivity contribution in [1.82, 2.24) is 5.32 Å². The molecule has 0 aliphatic rings. The molecule has 94 valence electrons. The third-order valence-corrected chi connectivity index (χ3v) is 3.10. The second-order valence-electron chi connectivity index (χ2n) is 3.98. The predicted molar refractivity (Wildman–Crippen MR) is 71.8 cm³/mol. The van der Waals surface area contributed by atoms with E-state index in [9.17, 15) is 4.79 Å². The summed E-state index contributed by atoms with van der Waals surface area (Å²) in [5, 5.41) is 11.6. The van der Waals surface area contributed by atoms with Gasteiger partial charge in [0, 0.05) is 22.8 Å². The first-order valence-electron chi connectivity index (χ1n) is 5.51. The number of hydrogen-bond donors (Lipinski definition) is 3. The second kappa shape index (κ2) is 6.61. The highest BCUT2D eigenvalue weighted by Crippen LogP contribution is 2.19. The summed E-state index contributed by atoms with van der Waals surface area (Å²) in [7, 11) is 0. The van der Waals surface area contributed by atoms with Crippen LogP contribution in [0.5, 0.6) is 0 Å². The summed E-state index contributed by atoms with van der Waals surface area (Å²) in [6.07, 6.45) is 1.43. The first-order chi connectivity index (χ1) is 8.04. The van der Waals surface area contributed by atoms with Gasteiger partial charge in [0.05, 0.1) is 5.56 Å². The summed E-state index contributed by atoms with van der Waals surface area (Å²) in [4.78, 5) is 11.9. The minimum Gasteiger partial charge on any atom is -0.399 e. The fourth-order valence-electron chi connectivity index (χ4n) is 1.49. The Hall–Kier alpha value is -1.07. The van der Waals surface area contributed by atoms with Gasteiger partial charge in [0.25, 0.3) is 5.91 Å². The summed E-state index contributed by atoms with van der Waals surface area (Å²) >= 11 is 3.32. The third kappa shape index (κ3) is 4.36. The van der Waals surface area contributed by atoms with Crippen molar-refractivity contribution < 1.29 is 9.90 Å². The van der Waals surface area contributed by atoms with E-state index in [-0.39, 0.29) is 18.6 Å². The van der Waals surface area contributed by atoms with Gasteiger partial charge >= 0.3 is 0 Å². The van der Waals surface area contributed by atoms with Crippen LogP contribution < -0.4 is 11.1 Å². The lowest BCUT2D eigenvalue weighted by atomic mass is 10.1. The summed E-state index contributed by atoms with van der Waals surface area (Å²) < 4.78 is 0.721. The van der Waals surface area contributed by atoms with E-state index < -0.39 is 0 Å². The minimum atomic E-state index is -0.158. The van der Waals surface area contributed by atoms with Crippen LogP contribution in [0.1, 0.15) is 30.1 Å². The van der Waals surface area contributed by atoms with Crippen LogP contribution in [0.15, 0.2) is 22.7 Å². The van der Waals surface area contributed by atoms with Crippen molar-refractivity contribution in [3.05, 3.63) is 28.2 Å². The molecule has 0 radical (unpaired) electrons. The fourth-order valence-corrected chi connectivity index (χ4v) is 1.91. The molecule has 4 nitrogen and oxygen atoms in total. The molecule has 5 heteroatoms. The highest BCUT2D eigenvalue weighted by molar-refractivity contribution is 9.10. The molecule has 0 saturated carbocycles. The maximum Gasteiger partial charge on any atom is 0.252 e. The van der Waals surface area contributed by atoms with Crippen molar-refractivity contribution in [2.75, 3.05) is 12.3 Å². The molecule has 0 bridgehead atoms. The van der Waals surface area contributed by atoms with E-state index in [0.717, 1.165) is 10.9 Å². The number of aliphatic hydroxyl groups excluding tert-OH is 1. The maximum atomic E-state index is 11.9. The number of anilines is 1. The molecule has 0 aliphatic carbocycles. The number of rotatable bonds is 5. The van der Waals surface area contributed by atoms with E-state index in [0.29, 0.717) is 17.7 Å². The highest BCUT2D eigenvalue weighted by atomic mass is 79.9. The quantitative estimate of drug-likeness (QED) is 0.727. The molecule has 4 N–H and O–H groups in total. The molecule has 1 aromatic rings. The standard InChI is InChI=1S/C12H17BrN2O2/c1-8(3-2-6-16)15-12(17)10-7-9(14)4-5-11(10)13/h4-5,7-8,16H,2-3,6,14H2,1H3,(H,15,17). The Morgan fingerprint density at radius 2 is 2.29 bits per heavy atom. The van der Waals surface area contributed by atoms with Crippen molar-refractivity contribution in [3.63, 3.8) is 0 Å². The van der Waals surface area contributed by atoms with Gasteiger partial charge in [-0.15, -0.1) is 0 Å². The third-order valence-electron chi connectivity index (χ3n) is 2.41. The summed E-state index contributed by atoms with van der Waals surface area (Å²) in [6, 6.07) is 5.15. The lowest BCUT2D eigenvalue weighted by molar-refractivity contribution is 0.0935. The van der Waals surface area contributed by atoms with E-state index in [2.05, 4.69) is 21.2 Å². The van der Waals surface area contributed by atoms with Gasteiger partial charge in [-0.25, -0.2) is 0 Å². The van der Waals surface area contributed by atoms with Crippen LogP contribution in [0.4, 0.5) is 5.69 Å². The van der Waals surface area contributed by atoms with Gasteiger partial charge in [-0.3, -0.25) is 4.79 Å². The Kier molecular flexibility index (Phi) is 5.44. The van der Waals surface area contributed by atoms with Crippen LogP contribution >= 0.6 is 15.9 Å². The first kappa shape index (κ1) is 14.0. The SMILES string of the molecule is CC(CCCO)NC(=O)c1cc(N)ccc1Br. The van der Waals surface area contributed by atoms with Crippen LogP contribution in [-0.2, 0) is 0 Å². The number of aliphatic hydroxyl groups is 1. The monoisotopic (exact) mass is 300 g/mol. The number of nitrogens with two attached hydrogens (primary N) is 1. The maximum absolute atomic E-state index is 11.9.